The van der Waals surface area contributed by atoms with E-state index in [1.807, 2.05) is 132 Å². The van der Waals surface area contributed by atoms with Crippen molar-refractivity contribution in [2.45, 2.75) is 242 Å². The fourth-order valence-corrected chi connectivity index (χ4v) is 10.8. The van der Waals surface area contributed by atoms with Crippen molar-refractivity contribution in [3.63, 3.8) is 0 Å². The number of ether oxygens (including phenoxy) is 2. The first-order valence-corrected chi connectivity index (χ1v) is 32.2. The molecule has 3 aromatic heterocycles. The van der Waals surface area contributed by atoms with Gasteiger partial charge in [-0.15, -0.1) is 0 Å². The molecule has 0 amide bonds. The van der Waals surface area contributed by atoms with E-state index in [4.69, 9.17) is 14.9 Å². The third-order valence-electron chi connectivity index (χ3n) is 14.6. The number of aromatic nitrogens is 5. The van der Waals surface area contributed by atoms with E-state index in [-0.39, 0.29) is 0 Å². The molecule has 0 saturated heterocycles. The number of rotatable bonds is 0. The number of nitrogens with zero attached hydrogens (tertiary/aromatic N) is 5. The minimum absolute atomic E-state index is 0.667. The second kappa shape index (κ2) is 38.0. The first kappa shape index (κ1) is 79.6. The zero-order valence-electron chi connectivity index (χ0n) is 59.2. The van der Waals surface area contributed by atoms with Gasteiger partial charge in [-0.2, -0.15) is 0 Å². The Balaban J connectivity index is 0.000000940. The number of allylic oxidation sites excluding steroid dienone is 20. The molecule has 12 nitrogen and oxygen atoms in total. The van der Waals surface area contributed by atoms with E-state index in [0.717, 1.165) is 85.8 Å². The van der Waals surface area contributed by atoms with Gasteiger partial charge in [0.15, 0.2) is 0 Å². The average molecular weight is 1240 g/mol. The van der Waals surface area contributed by atoms with Crippen molar-refractivity contribution in [2.75, 3.05) is 0 Å². The molecule has 5 N–H and O–H groups in total. The lowest BCUT2D eigenvalue weighted by molar-refractivity contribution is 0.283. The third kappa shape index (κ3) is 28.8. The number of nitrogens with one attached hydrogen (secondary N) is 5. The van der Waals surface area contributed by atoms with E-state index in [1.165, 1.54) is 95.7 Å². The maximum atomic E-state index is 6.50. The van der Waals surface area contributed by atoms with Crippen LogP contribution >= 0.6 is 47.0 Å². The van der Waals surface area contributed by atoms with Crippen molar-refractivity contribution in [3.8, 4) is 0 Å². The van der Waals surface area contributed by atoms with Gasteiger partial charge in [0.25, 0.3) is 0 Å². The molecule has 0 spiro atoms. The van der Waals surface area contributed by atoms with E-state index in [2.05, 4.69) is 178 Å². The van der Waals surface area contributed by atoms with Crippen LogP contribution in [0.1, 0.15) is 226 Å². The van der Waals surface area contributed by atoms with E-state index < -0.39 is 0 Å². The van der Waals surface area contributed by atoms with Gasteiger partial charge in [-0.05, 0) is 284 Å². The topological polar surface area (TPSA) is 155 Å². The highest BCUT2D eigenvalue weighted by molar-refractivity contribution is 8.13. The van der Waals surface area contributed by atoms with Gasteiger partial charge in [0.1, 0.15) is 28.9 Å². The minimum Gasteiger partial charge on any atom is -0.465 e. The number of pyridine rings is 1. The van der Waals surface area contributed by atoms with Crippen LogP contribution in [0.5, 0.6) is 0 Å². The highest BCUT2D eigenvalue weighted by atomic mass is 32.2. The second-order valence-corrected chi connectivity index (χ2v) is 27.8. The summed E-state index contributed by atoms with van der Waals surface area (Å²) < 4.78 is 10.9. The lowest BCUT2D eigenvalue weighted by atomic mass is 10.0. The monoisotopic (exact) mass is 1240 g/mol. The molecule has 3 aromatic rings. The average Bonchev–Trinajstić information content (AvgIpc) is 3.57. The summed E-state index contributed by atoms with van der Waals surface area (Å²) in [4.78, 5) is 32.6. The van der Waals surface area contributed by atoms with Crippen molar-refractivity contribution in [1.82, 2.24) is 46.2 Å². The molecule has 16 heteroatoms. The molecule has 8 rings (SSSR count). The number of thioether (sulfide) groups is 4. The molecular formula is C69H110N10O2S4. The highest BCUT2D eigenvalue weighted by Gasteiger charge is 2.13. The maximum absolute atomic E-state index is 6.50. The molecule has 5 aliphatic rings. The Morgan fingerprint density at radius 2 is 0.482 bits per heavy atom. The maximum Gasteiger partial charge on any atom is 0.125 e. The smallest absolute Gasteiger partial charge is 0.125 e. The fourth-order valence-electron chi connectivity index (χ4n) is 7.12. The SMILES string of the molecule is CC(C)=N.CC1=C(C)NC(C)=C(C)N1.CC1=C(C)OC(C)=C(C)N1.CC1=C(C)SC(C)=C(C)N1.CC1=C(C)SC(C)=C(C)O1.CC1=C(C)SC(C)=C(C)S1.Cc1nc(C)c(C)c(C)c1C.Cc1nc(C)c(C)c(C)n1.Cc1nc(C)c(C)nc1C. The first-order chi connectivity index (χ1) is 39.0. The molecule has 0 fully saturated rings. The molecule has 472 valence electrons. The Morgan fingerprint density at radius 1 is 0.259 bits per heavy atom. The Hall–Kier alpha value is -5.42. The van der Waals surface area contributed by atoms with Gasteiger partial charge in [-0.3, -0.25) is 15.0 Å². The molecule has 0 aliphatic carbocycles. The molecule has 85 heavy (non-hydrogen) atoms. The van der Waals surface area contributed by atoms with Gasteiger partial charge < -0.3 is 36.2 Å². The van der Waals surface area contributed by atoms with Gasteiger partial charge in [-0.1, -0.05) is 47.0 Å². The molecule has 0 atom stereocenters. The van der Waals surface area contributed by atoms with E-state index in [9.17, 15) is 0 Å². The number of aryl methyl sites for hydroxylation is 9. The summed E-state index contributed by atoms with van der Waals surface area (Å²) in [6, 6.07) is 0. The molecule has 0 saturated carbocycles. The lowest BCUT2D eigenvalue weighted by Crippen LogP contribution is -2.26. The Labute approximate surface area is 534 Å². The van der Waals surface area contributed by atoms with Gasteiger partial charge in [0.2, 0.25) is 0 Å². The van der Waals surface area contributed by atoms with Gasteiger partial charge >= 0.3 is 0 Å². The molecule has 0 unspecified atom stereocenters. The van der Waals surface area contributed by atoms with Crippen LogP contribution in [0, 0.1) is 95.4 Å². The predicted octanol–water partition coefficient (Wildman–Crippen LogP) is 20.9. The molecule has 8 heterocycles. The van der Waals surface area contributed by atoms with Crippen molar-refractivity contribution in [2.24, 2.45) is 0 Å². The third-order valence-corrected chi connectivity index (χ3v) is 19.7. The highest BCUT2D eigenvalue weighted by Crippen LogP contribution is 2.44. The van der Waals surface area contributed by atoms with Gasteiger partial charge in [0.05, 0.1) is 34.2 Å². The van der Waals surface area contributed by atoms with Gasteiger partial charge in [-0.25, -0.2) is 9.97 Å². The normalized spacial score (nSPS) is 15.4. The number of hydrogen-bond donors (Lipinski definition) is 5. The van der Waals surface area contributed by atoms with Crippen LogP contribution < -0.4 is 21.3 Å². The second-order valence-electron chi connectivity index (χ2n) is 22.1. The van der Waals surface area contributed by atoms with Crippen molar-refractivity contribution in [1.29, 1.82) is 5.41 Å². The molecule has 5 aliphatic heterocycles. The fraction of sp³-hybridized carbons (Fsp3) is 0.507. The van der Waals surface area contributed by atoms with E-state index in [1.54, 1.807) is 25.6 Å². The van der Waals surface area contributed by atoms with E-state index >= 15 is 0 Å². The Morgan fingerprint density at radius 3 is 0.753 bits per heavy atom. The van der Waals surface area contributed by atoms with Crippen molar-refractivity contribution >= 4 is 52.8 Å². The first-order valence-electron chi connectivity index (χ1n) is 28.9. The molecule has 0 radical (unpaired) electrons. The van der Waals surface area contributed by atoms with Crippen LogP contribution in [-0.2, 0) is 9.47 Å². The number of hydrogen-bond acceptors (Lipinski definition) is 16. The molecule has 0 bridgehead atoms. The molecular weight excluding hydrogens is 1130 g/mol. The summed E-state index contributed by atoms with van der Waals surface area (Å²) in [5.74, 6) is 4.85. The lowest BCUT2D eigenvalue weighted by Gasteiger charge is -2.21. The van der Waals surface area contributed by atoms with Crippen LogP contribution in [0.15, 0.2) is 108 Å². The summed E-state index contributed by atoms with van der Waals surface area (Å²) in [7, 11) is 0. The summed E-state index contributed by atoms with van der Waals surface area (Å²) >= 11 is 7.44. The molecule has 0 aromatic carbocycles. The van der Waals surface area contributed by atoms with Crippen LogP contribution in [-0.4, -0.2) is 30.6 Å². The van der Waals surface area contributed by atoms with Gasteiger partial charge in [0, 0.05) is 82.3 Å². The van der Waals surface area contributed by atoms with Crippen molar-refractivity contribution < 1.29 is 9.47 Å². The summed E-state index contributed by atoms with van der Waals surface area (Å²) in [5, 5.41) is 19.6. The summed E-state index contributed by atoms with van der Waals surface area (Å²) in [6.07, 6.45) is 0. The zero-order valence-corrected chi connectivity index (χ0v) is 62.5. The van der Waals surface area contributed by atoms with Crippen LogP contribution in [0.3, 0.4) is 0 Å². The Bertz CT molecular complexity index is 2610. The summed E-state index contributed by atoms with van der Waals surface area (Å²) in [6.45, 7) is 71.5. The zero-order chi connectivity index (χ0) is 66.2. The predicted molar refractivity (Wildman–Crippen MR) is 378 cm³/mol. The van der Waals surface area contributed by atoms with Crippen LogP contribution in [0.4, 0.5) is 0 Å². The summed E-state index contributed by atoms with van der Waals surface area (Å²) in [5.41, 5.74) is 24.1. The Kier molecular flexibility index (Phi) is 35.6. The van der Waals surface area contributed by atoms with Crippen molar-refractivity contribution in [3.05, 3.63) is 181 Å². The quantitative estimate of drug-likeness (QED) is 0.136. The largest absolute Gasteiger partial charge is 0.465 e. The standard InChI is InChI=1S/C10H15N.C8H14N2.2C8H12N2.C8H13NO.C8H13NS.C8H12OS.C8H12S2.C3H7N/c1-6-7(2)9(4)11-10(5)8(6)3;2*1-5-6(2)10-8(4)7(3)9-5;1-5-6(2)9-8(4)10-7(5)3;3*1-5-7(3)10-8(4)6(2)9-5;1-5-6(2)10-8(4)7(3)9-5;1-3(2)4/h1-5H3;9-10H,1-4H3;2*1-4H3;2*9H,1-4H3;2*1-4H3;4H,1-2H3. The van der Waals surface area contributed by atoms with Crippen LogP contribution in [0.2, 0.25) is 0 Å². The van der Waals surface area contributed by atoms with Crippen LogP contribution in [0.25, 0.3) is 0 Å². The minimum atomic E-state index is 0.667. The van der Waals surface area contributed by atoms with E-state index in [0.29, 0.717) is 5.71 Å².